The van der Waals surface area contributed by atoms with Gasteiger partial charge in [0.05, 0.1) is 11.3 Å². The van der Waals surface area contributed by atoms with E-state index in [2.05, 4.69) is 18.0 Å². The molecule has 0 saturated carbocycles. The van der Waals surface area contributed by atoms with Crippen molar-refractivity contribution in [1.29, 1.82) is 0 Å². The van der Waals surface area contributed by atoms with Crippen LogP contribution in [0.15, 0.2) is 41.4 Å². The van der Waals surface area contributed by atoms with Crippen LogP contribution < -0.4 is 0 Å². The third kappa shape index (κ3) is 1.75. The van der Waals surface area contributed by atoms with Gasteiger partial charge in [-0.3, -0.25) is 4.98 Å². The van der Waals surface area contributed by atoms with Gasteiger partial charge in [0.2, 0.25) is 0 Å². The van der Waals surface area contributed by atoms with Crippen molar-refractivity contribution < 1.29 is 9.90 Å². The zero-order valence-electron chi connectivity index (χ0n) is 11.5. The third-order valence-electron chi connectivity index (χ3n) is 4.25. The number of hydrogen-bond acceptors (Lipinski definition) is 3. The van der Waals surface area contributed by atoms with E-state index < -0.39 is 5.97 Å². The molecule has 0 radical (unpaired) electrons. The molecule has 1 aromatic carbocycles. The number of carboxylic acid groups (broad SMARTS) is 1. The number of allylic oxidation sites excluding steroid dienone is 1. The number of carbonyl (C=O) groups is 1. The van der Waals surface area contributed by atoms with Crippen molar-refractivity contribution in [2.75, 3.05) is 5.75 Å². The summed E-state index contributed by atoms with van der Waals surface area (Å²) in [6.07, 6.45) is 1.83. The Bertz CT molecular complexity index is 810. The van der Waals surface area contributed by atoms with Crippen LogP contribution in [-0.2, 0) is 0 Å². The van der Waals surface area contributed by atoms with Crippen LogP contribution >= 0.6 is 11.8 Å². The number of aromatic carboxylic acids is 1. The Morgan fingerprint density at radius 1 is 1.38 bits per heavy atom. The Morgan fingerprint density at radius 3 is 3.05 bits per heavy atom. The Labute approximate surface area is 126 Å². The van der Waals surface area contributed by atoms with Crippen LogP contribution in [0.3, 0.4) is 0 Å². The van der Waals surface area contributed by atoms with Crippen molar-refractivity contribution in [1.82, 2.24) is 4.98 Å². The van der Waals surface area contributed by atoms with Gasteiger partial charge in [0.25, 0.3) is 0 Å². The molecule has 1 aromatic heterocycles. The number of hydrogen-bond donors (Lipinski definition) is 1. The van der Waals surface area contributed by atoms with E-state index in [-0.39, 0.29) is 5.92 Å². The molecule has 2 aliphatic rings. The first-order valence-electron chi connectivity index (χ1n) is 6.85. The SMILES string of the molecule is CC1C2=C(CSc3cccnc32)c2cc(C(=O)O)ccc21. The predicted molar refractivity (Wildman–Crippen MR) is 83.6 cm³/mol. The highest BCUT2D eigenvalue weighted by atomic mass is 32.2. The van der Waals surface area contributed by atoms with Crippen molar-refractivity contribution in [2.24, 2.45) is 0 Å². The van der Waals surface area contributed by atoms with E-state index in [9.17, 15) is 9.90 Å². The third-order valence-corrected chi connectivity index (χ3v) is 5.32. The molecule has 1 unspecified atom stereocenters. The average molecular weight is 295 g/mol. The summed E-state index contributed by atoms with van der Waals surface area (Å²) in [7, 11) is 0. The lowest BCUT2D eigenvalue weighted by molar-refractivity contribution is 0.0697. The van der Waals surface area contributed by atoms with Gasteiger partial charge in [-0.1, -0.05) is 13.0 Å². The van der Waals surface area contributed by atoms with Gasteiger partial charge in [-0.25, -0.2) is 4.79 Å². The maximum absolute atomic E-state index is 11.2. The lowest BCUT2D eigenvalue weighted by Gasteiger charge is -2.19. The predicted octanol–water partition coefficient (Wildman–Crippen LogP) is 3.91. The van der Waals surface area contributed by atoms with E-state index in [4.69, 9.17) is 0 Å². The highest BCUT2D eigenvalue weighted by Gasteiger charge is 2.34. The van der Waals surface area contributed by atoms with Crippen LogP contribution in [0.5, 0.6) is 0 Å². The minimum Gasteiger partial charge on any atom is -0.478 e. The molecule has 3 nitrogen and oxygen atoms in total. The average Bonchev–Trinajstić information content (AvgIpc) is 2.80. The first-order valence-corrected chi connectivity index (χ1v) is 7.84. The lowest BCUT2D eigenvalue weighted by Crippen LogP contribution is -2.02. The van der Waals surface area contributed by atoms with Gasteiger partial charge < -0.3 is 5.11 Å². The van der Waals surface area contributed by atoms with Gasteiger partial charge in [-0.2, -0.15) is 0 Å². The molecule has 1 atom stereocenters. The number of nitrogens with zero attached hydrogens (tertiary/aromatic N) is 1. The highest BCUT2D eigenvalue weighted by Crippen LogP contribution is 2.52. The zero-order chi connectivity index (χ0) is 14.6. The summed E-state index contributed by atoms with van der Waals surface area (Å²) < 4.78 is 0. The highest BCUT2D eigenvalue weighted by molar-refractivity contribution is 7.99. The van der Waals surface area contributed by atoms with Gasteiger partial charge >= 0.3 is 5.97 Å². The maximum Gasteiger partial charge on any atom is 0.335 e. The molecule has 0 bridgehead atoms. The summed E-state index contributed by atoms with van der Waals surface area (Å²) in [6.45, 7) is 2.18. The van der Waals surface area contributed by atoms with Crippen molar-refractivity contribution in [3.8, 4) is 0 Å². The first-order chi connectivity index (χ1) is 10.2. The molecule has 0 spiro atoms. The molecule has 1 aliphatic carbocycles. The van der Waals surface area contributed by atoms with Crippen LogP contribution in [0, 0.1) is 0 Å². The van der Waals surface area contributed by atoms with Crippen LogP contribution in [0.4, 0.5) is 0 Å². The molecule has 21 heavy (non-hydrogen) atoms. The fraction of sp³-hybridized carbons (Fsp3) is 0.176. The van der Waals surface area contributed by atoms with Crippen molar-refractivity contribution >= 4 is 28.9 Å². The number of benzene rings is 1. The Balaban J connectivity index is 1.94. The lowest BCUT2D eigenvalue weighted by atomic mass is 9.95. The number of rotatable bonds is 1. The Kier molecular flexibility index (Phi) is 2.69. The van der Waals surface area contributed by atoms with Crippen molar-refractivity contribution in [3.63, 3.8) is 0 Å². The summed E-state index contributed by atoms with van der Waals surface area (Å²) in [5.41, 5.74) is 6.22. The van der Waals surface area contributed by atoms with Crippen LogP contribution in [0.2, 0.25) is 0 Å². The smallest absolute Gasteiger partial charge is 0.335 e. The summed E-state index contributed by atoms with van der Waals surface area (Å²) in [4.78, 5) is 17.0. The van der Waals surface area contributed by atoms with Crippen molar-refractivity contribution in [3.05, 3.63) is 58.9 Å². The number of carboxylic acids is 1. The molecular weight excluding hydrogens is 282 g/mol. The van der Waals surface area contributed by atoms with Crippen LogP contribution in [-0.4, -0.2) is 21.8 Å². The molecule has 0 fully saturated rings. The minimum absolute atomic E-state index is 0.271. The van der Waals surface area contributed by atoms with E-state index in [0.29, 0.717) is 5.56 Å². The zero-order valence-corrected chi connectivity index (χ0v) is 12.3. The fourth-order valence-corrected chi connectivity index (χ4v) is 4.34. The quantitative estimate of drug-likeness (QED) is 0.866. The summed E-state index contributed by atoms with van der Waals surface area (Å²) in [5, 5.41) is 9.20. The van der Waals surface area contributed by atoms with Gasteiger partial charge in [-0.05, 0) is 46.5 Å². The standard InChI is InChI=1S/C17H13NO2S/c1-9-11-5-4-10(17(19)20)7-12(11)13-8-21-14-3-2-6-18-16(14)15(9)13/h2-7,9H,8H2,1H3,(H,19,20). The van der Waals surface area contributed by atoms with E-state index in [1.165, 1.54) is 21.6 Å². The van der Waals surface area contributed by atoms with Gasteiger partial charge in [0.15, 0.2) is 0 Å². The number of aromatic nitrogens is 1. The van der Waals surface area contributed by atoms with E-state index in [0.717, 1.165) is 17.0 Å². The van der Waals surface area contributed by atoms with Crippen LogP contribution in [0.25, 0.3) is 11.1 Å². The maximum atomic E-state index is 11.2. The number of pyridine rings is 1. The second-order valence-electron chi connectivity index (χ2n) is 5.36. The van der Waals surface area contributed by atoms with Gasteiger partial charge in [-0.15, -0.1) is 11.8 Å². The topological polar surface area (TPSA) is 50.2 Å². The largest absolute Gasteiger partial charge is 0.478 e. The molecule has 2 heterocycles. The molecule has 0 amide bonds. The molecule has 4 rings (SSSR count). The Morgan fingerprint density at radius 2 is 2.24 bits per heavy atom. The number of fused-ring (bicyclic) bond motifs is 4. The summed E-state index contributed by atoms with van der Waals surface area (Å²) in [5.74, 6) is 0.280. The van der Waals surface area contributed by atoms with E-state index in [1.807, 2.05) is 24.4 Å². The minimum atomic E-state index is -0.874. The van der Waals surface area contributed by atoms with Gasteiger partial charge in [0, 0.05) is 22.8 Å². The molecule has 104 valence electrons. The van der Waals surface area contributed by atoms with E-state index in [1.54, 1.807) is 17.8 Å². The normalized spacial score (nSPS) is 19.0. The van der Waals surface area contributed by atoms with E-state index >= 15 is 0 Å². The second-order valence-corrected chi connectivity index (χ2v) is 6.38. The molecule has 1 N–H and O–H groups in total. The first kappa shape index (κ1) is 12.7. The monoisotopic (exact) mass is 295 g/mol. The molecule has 0 saturated heterocycles. The molecule has 4 heteroatoms. The number of thioether (sulfide) groups is 1. The van der Waals surface area contributed by atoms with Crippen molar-refractivity contribution in [2.45, 2.75) is 17.7 Å². The Hall–Kier alpha value is -2.07. The second kappa shape index (κ2) is 4.46. The summed E-state index contributed by atoms with van der Waals surface area (Å²) in [6, 6.07) is 9.53. The summed E-state index contributed by atoms with van der Waals surface area (Å²) >= 11 is 1.78. The van der Waals surface area contributed by atoms with Crippen LogP contribution in [0.1, 0.15) is 40.0 Å². The van der Waals surface area contributed by atoms with Gasteiger partial charge in [0.1, 0.15) is 0 Å². The molecule has 1 aliphatic heterocycles. The fourth-order valence-electron chi connectivity index (χ4n) is 3.25. The molecular formula is C17H13NO2S. The molecule has 2 aromatic rings.